The summed E-state index contributed by atoms with van der Waals surface area (Å²) in [4.78, 5) is 95.9. The summed E-state index contributed by atoms with van der Waals surface area (Å²) in [5, 5.41) is 2.24. The van der Waals surface area contributed by atoms with Crippen molar-refractivity contribution in [3.8, 4) is 34.5 Å². The first-order chi connectivity index (χ1) is 34.8. The highest BCUT2D eigenvalue weighted by atomic mass is 16.6. The maximum atomic E-state index is 15.4. The van der Waals surface area contributed by atoms with Crippen LogP contribution in [0.25, 0.3) is 22.1 Å². The van der Waals surface area contributed by atoms with Gasteiger partial charge in [-0.25, -0.2) is 19.6 Å². The third-order valence-electron chi connectivity index (χ3n) is 12.7. The lowest BCUT2D eigenvalue weighted by atomic mass is 10.1. The number of benzene rings is 4. The van der Waals surface area contributed by atoms with Gasteiger partial charge in [-0.2, -0.15) is 5.01 Å². The quantitative estimate of drug-likeness (QED) is 0.104. The molecule has 0 spiro atoms. The second kappa shape index (κ2) is 19.3. The third kappa shape index (κ3) is 9.03. The van der Waals surface area contributed by atoms with Crippen LogP contribution in [0.3, 0.4) is 0 Å². The molecule has 2 saturated heterocycles. The predicted molar refractivity (Wildman–Crippen MR) is 254 cm³/mol. The molecule has 24 heteroatoms. The second-order valence-electron chi connectivity index (χ2n) is 17.1. The summed E-state index contributed by atoms with van der Waals surface area (Å²) in [6, 6.07) is 19.6. The zero-order chi connectivity index (χ0) is 50.3. The van der Waals surface area contributed by atoms with Crippen molar-refractivity contribution in [1.29, 1.82) is 0 Å². The minimum atomic E-state index is -2.53. The molecule has 4 amide bonds. The number of rotatable bonds is 16. The van der Waals surface area contributed by atoms with Crippen molar-refractivity contribution in [1.82, 2.24) is 29.1 Å². The number of cyclic esters (lactones) is 2. The molecule has 0 unspecified atom stereocenters. The zero-order valence-corrected chi connectivity index (χ0v) is 39.0. The van der Waals surface area contributed by atoms with E-state index in [0.717, 1.165) is 22.4 Å². The number of hydrogen-bond donors (Lipinski definition) is 2. The molecule has 72 heavy (non-hydrogen) atoms. The van der Waals surface area contributed by atoms with Crippen molar-refractivity contribution >= 4 is 57.4 Å². The number of aromatic nitrogens is 4. The molecule has 0 aliphatic carbocycles. The summed E-state index contributed by atoms with van der Waals surface area (Å²) in [5.41, 5.74) is 12.0. The number of nitrogens with zero attached hydrogens (tertiary/aromatic N) is 8. The molecule has 2 aromatic heterocycles. The van der Waals surface area contributed by atoms with Gasteiger partial charge in [-0.05, 0) is 48.5 Å². The molecule has 0 saturated carbocycles. The van der Waals surface area contributed by atoms with Crippen LogP contribution in [0.4, 0.5) is 21.0 Å². The highest BCUT2D eigenvalue weighted by molar-refractivity contribution is 5.91. The van der Waals surface area contributed by atoms with Gasteiger partial charge in [0, 0.05) is 37.2 Å². The molecule has 374 valence electrons. The van der Waals surface area contributed by atoms with Gasteiger partial charge in [0.2, 0.25) is 5.91 Å². The number of anilines is 2. The molecule has 0 radical (unpaired) electrons. The van der Waals surface area contributed by atoms with Gasteiger partial charge >= 0.3 is 12.2 Å². The predicted octanol–water partition coefficient (Wildman–Crippen LogP) is 1.99. The van der Waals surface area contributed by atoms with Crippen molar-refractivity contribution in [3.05, 3.63) is 106 Å². The van der Waals surface area contributed by atoms with E-state index in [-0.39, 0.29) is 25.2 Å². The van der Waals surface area contributed by atoms with E-state index in [2.05, 4.69) is 9.97 Å². The number of carbonyl (C=O) groups excluding carboxylic acids is 4. The van der Waals surface area contributed by atoms with E-state index in [1.807, 2.05) is 0 Å². The maximum Gasteiger partial charge on any atom is 0.414 e. The smallest absolute Gasteiger partial charge is 0.414 e. The van der Waals surface area contributed by atoms with Gasteiger partial charge < -0.3 is 58.5 Å². The van der Waals surface area contributed by atoms with Crippen molar-refractivity contribution in [2.75, 3.05) is 76.6 Å². The Bertz CT molecular complexity index is 3260. The number of nitrogens with two attached hydrogens (primary N) is 2. The van der Waals surface area contributed by atoms with Crippen LogP contribution >= 0.6 is 0 Å². The van der Waals surface area contributed by atoms with Crippen LogP contribution in [-0.4, -0.2) is 138 Å². The topological polar surface area (TPSA) is 277 Å². The van der Waals surface area contributed by atoms with Crippen molar-refractivity contribution < 1.29 is 57.1 Å². The molecule has 4 N–H and O–H groups in total. The average Bonchev–Trinajstić information content (AvgIpc) is 3.96. The number of amides is 4. The fourth-order valence-electron chi connectivity index (χ4n) is 9.05. The molecule has 4 aromatic carbocycles. The zero-order valence-electron chi connectivity index (χ0n) is 39.0. The largest absolute Gasteiger partial charge is 0.497 e. The van der Waals surface area contributed by atoms with E-state index in [1.54, 1.807) is 66.7 Å². The lowest BCUT2D eigenvalue weighted by Crippen LogP contribution is -2.73. The van der Waals surface area contributed by atoms with E-state index in [4.69, 9.17) is 49.4 Å². The van der Waals surface area contributed by atoms with Gasteiger partial charge in [0.25, 0.3) is 17.0 Å². The van der Waals surface area contributed by atoms with Gasteiger partial charge in [-0.3, -0.25) is 34.0 Å². The van der Waals surface area contributed by atoms with E-state index >= 15 is 4.79 Å². The Morgan fingerprint density at radius 3 is 1.67 bits per heavy atom. The number of methoxy groups -OCH3 is 2. The molecule has 4 aliphatic rings. The average molecular weight is 989 g/mol. The van der Waals surface area contributed by atoms with Gasteiger partial charge in [-0.15, -0.1) is 0 Å². The Morgan fingerprint density at radius 1 is 0.667 bits per heavy atom. The monoisotopic (exact) mass is 988 g/mol. The lowest BCUT2D eigenvalue weighted by Gasteiger charge is -2.46. The van der Waals surface area contributed by atoms with Gasteiger partial charge in [-0.1, -0.05) is 0 Å². The first kappa shape index (κ1) is 47.1. The summed E-state index contributed by atoms with van der Waals surface area (Å²) >= 11 is 0. The molecule has 3 atom stereocenters. The first-order valence-corrected chi connectivity index (χ1v) is 22.8. The Labute approximate surface area is 408 Å². The standard InChI is InChI=1S/C48H48N10O14/c1-65-30-5-7-34-36(19-30)53(43(60)21-51-34)12-11-42(59)57(25-32-23-54(46(63)71-32)28-3-9-38-40(17-28)69-15-13-67-38)58(26-33-24-55(47(64)72-33)29-4-10-39-41(18-29)70-16-14-68-39)48(50,45(49)62)27-56-37-20-31(66-2)6-8-35(37)52-22-44(56)61/h3-10,17-22,32-33H,11-16,23-27,50H2,1-2H3,(H2,49,62)/t32-,33-,48+/m1/s1. The van der Waals surface area contributed by atoms with Crippen molar-refractivity contribution in [3.63, 3.8) is 0 Å². The highest BCUT2D eigenvalue weighted by Crippen LogP contribution is 2.37. The molecule has 6 aromatic rings. The summed E-state index contributed by atoms with van der Waals surface area (Å²) in [5.74, 6) is 0.614. The molecule has 10 rings (SSSR count). The van der Waals surface area contributed by atoms with Crippen molar-refractivity contribution in [2.24, 2.45) is 11.5 Å². The minimum Gasteiger partial charge on any atom is -0.497 e. The number of ether oxygens (including phenoxy) is 8. The number of aryl methyl sites for hydroxylation is 1. The van der Waals surface area contributed by atoms with E-state index in [9.17, 15) is 24.0 Å². The molecule has 6 heterocycles. The fourth-order valence-corrected chi connectivity index (χ4v) is 9.05. The Hall–Kier alpha value is -8.64. The number of hydrazine groups is 1. The Kier molecular flexibility index (Phi) is 12.6. The van der Waals surface area contributed by atoms with E-state index in [0.29, 0.717) is 88.8 Å². The van der Waals surface area contributed by atoms with Crippen LogP contribution in [0, 0.1) is 0 Å². The summed E-state index contributed by atoms with van der Waals surface area (Å²) in [6.45, 7) is -0.876. The minimum absolute atomic E-state index is 0.122. The van der Waals surface area contributed by atoms with Gasteiger partial charge in [0.1, 0.15) is 50.1 Å². The second-order valence-corrected chi connectivity index (χ2v) is 17.1. The van der Waals surface area contributed by atoms with Crippen LogP contribution in [-0.2, 0) is 32.2 Å². The SMILES string of the molecule is COc1ccc2ncc(=O)n(CCC(=O)N(C[C@H]3CN(c4ccc5c(c4)OCCO5)C(=O)O3)N(C[C@H]3CN(c4ccc5c(c4)OCCO5)C(=O)O3)[C@@](N)(Cn3c(=O)cnc4ccc(OC)cc43)C(N)=O)c2c1. The normalized spacial score (nSPS) is 17.9. The molecular weight excluding hydrogens is 941 g/mol. The van der Waals surface area contributed by atoms with E-state index in [1.165, 1.54) is 39.2 Å². The third-order valence-corrected chi connectivity index (χ3v) is 12.7. The van der Waals surface area contributed by atoms with Gasteiger partial charge in [0.05, 0.1) is 92.8 Å². The summed E-state index contributed by atoms with van der Waals surface area (Å²) in [6.07, 6.45) is -2.07. The highest BCUT2D eigenvalue weighted by Gasteiger charge is 2.49. The molecular formula is C48H48N10O14. The summed E-state index contributed by atoms with van der Waals surface area (Å²) < 4.78 is 48.2. The van der Waals surface area contributed by atoms with Crippen LogP contribution < -0.4 is 60.8 Å². The molecule has 24 nitrogen and oxygen atoms in total. The number of hydrogen-bond acceptors (Lipinski definition) is 18. The van der Waals surface area contributed by atoms with Crippen LogP contribution in [0.1, 0.15) is 6.42 Å². The number of carbonyl (C=O) groups is 4. The Morgan fingerprint density at radius 2 is 1.15 bits per heavy atom. The van der Waals surface area contributed by atoms with Crippen molar-refractivity contribution in [2.45, 2.75) is 37.4 Å². The van der Waals surface area contributed by atoms with Crippen LogP contribution in [0.5, 0.6) is 34.5 Å². The van der Waals surface area contributed by atoms with Crippen LogP contribution in [0.2, 0.25) is 0 Å². The molecule has 4 aliphatic heterocycles. The molecule has 0 bridgehead atoms. The Balaban J connectivity index is 1.06. The first-order valence-electron chi connectivity index (χ1n) is 22.8. The van der Waals surface area contributed by atoms with Crippen LogP contribution in [0.15, 0.2) is 94.8 Å². The molecule has 2 fully saturated rings. The number of fused-ring (bicyclic) bond motifs is 4. The fraction of sp³-hybridized carbons (Fsp3) is 0.333. The summed E-state index contributed by atoms with van der Waals surface area (Å²) in [7, 11) is 2.90. The maximum absolute atomic E-state index is 15.4. The number of primary amides is 1. The van der Waals surface area contributed by atoms with Gasteiger partial charge in [0.15, 0.2) is 28.7 Å². The van der Waals surface area contributed by atoms with E-state index < -0.39 is 79.0 Å². The lowest BCUT2D eigenvalue weighted by molar-refractivity contribution is -0.178.